The molecule has 23 heavy (non-hydrogen) atoms. The number of aliphatic carboxylic acids is 1. The van der Waals surface area contributed by atoms with E-state index in [-0.39, 0.29) is 18.2 Å². The summed E-state index contributed by atoms with van der Waals surface area (Å²) in [6, 6.07) is 0. The van der Waals surface area contributed by atoms with Gasteiger partial charge in [0.05, 0.1) is 6.67 Å². The molecule has 138 valence electrons. The molecular weight excluding hydrogens is 333 g/mol. The molecule has 1 heterocycles. The standard InChI is InChI=1S/C4H7NO.C4H6O2.C4H14OSi2.C3H7F/c6-4-2-1-3-5-4;1-3(2)4(5)6;1-6(2)5-7(3)4;1-2-3-4/h1-3H2,(H,5,6);1H2,2H3,(H,5,6);6-7H,1-4H3;2-3H2,1H3. The molecule has 0 aromatic rings. The normalized spacial score (nSPS) is 12.1. The van der Waals surface area contributed by atoms with Crippen LogP contribution < -0.4 is 5.32 Å². The fourth-order valence-corrected chi connectivity index (χ4v) is 5.46. The fraction of sp³-hybridized carbons (Fsp3) is 0.733. The molecule has 2 N–H and O–H groups in total. The number of carboxylic acids is 1. The zero-order valence-electron chi connectivity index (χ0n) is 15.4. The van der Waals surface area contributed by atoms with Crippen LogP contribution in [0.2, 0.25) is 26.2 Å². The molecule has 0 spiro atoms. The van der Waals surface area contributed by atoms with E-state index in [0.29, 0.717) is 6.42 Å². The van der Waals surface area contributed by atoms with Gasteiger partial charge in [0.15, 0.2) is 18.1 Å². The van der Waals surface area contributed by atoms with Crippen LogP contribution in [0.1, 0.15) is 33.1 Å². The first-order valence-electron chi connectivity index (χ1n) is 7.95. The van der Waals surface area contributed by atoms with Gasteiger partial charge in [-0.1, -0.05) is 13.5 Å². The minimum Gasteiger partial charge on any atom is -0.478 e. The number of carboxylic acid groups (broad SMARTS) is 1. The fourth-order valence-electron chi connectivity index (χ4n) is 1.11. The van der Waals surface area contributed by atoms with Crippen LogP contribution in [0.25, 0.3) is 0 Å². The smallest absolute Gasteiger partial charge is 0.330 e. The van der Waals surface area contributed by atoms with Gasteiger partial charge in [-0.2, -0.15) is 0 Å². The van der Waals surface area contributed by atoms with E-state index in [1.54, 1.807) is 6.92 Å². The van der Waals surface area contributed by atoms with Gasteiger partial charge in [-0.05, 0) is 46.0 Å². The summed E-state index contributed by atoms with van der Waals surface area (Å²) in [4.78, 5) is 19.7. The van der Waals surface area contributed by atoms with Gasteiger partial charge in [-0.15, -0.1) is 0 Å². The first-order valence-corrected chi connectivity index (χ1v) is 13.5. The third kappa shape index (κ3) is 33.7. The SMILES string of the molecule is C=C(C)C(=O)O.CCCF.C[SiH](C)O[SiH](C)C.O=C1CCCN1. The van der Waals surface area contributed by atoms with Crippen molar-refractivity contribution in [3.8, 4) is 0 Å². The van der Waals surface area contributed by atoms with Gasteiger partial charge in [0.25, 0.3) is 0 Å². The van der Waals surface area contributed by atoms with Crippen molar-refractivity contribution in [3.05, 3.63) is 12.2 Å². The molecule has 1 rings (SSSR count). The number of carbonyl (C=O) groups excluding carboxylic acids is 1. The van der Waals surface area contributed by atoms with Crippen molar-refractivity contribution in [2.75, 3.05) is 13.2 Å². The average molecular weight is 368 g/mol. The lowest BCUT2D eigenvalue weighted by Gasteiger charge is -2.07. The Balaban J connectivity index is -0.000000236. The lowest BCUT2D eigenvalue weighted by molar-refractivity contribution is -0.132. The van der Waals surface area contributed by atoms with Crippen molar-refractivity contribution in [3.63, 3.8) is 0 Å². The van der Waals surface area contributed by atoms with E-state index in [4.69, 9.17) is 9.22 Å². The maximum Gasteiger partial charge on any atom is 0.330 e. The summed E-state index contributed by atoms with van der Waals surface area (Å²) in [7, 11) is -1.33. The summed E-state index contributed by atoms with van der Waals surface area (Å²) in [5, 5.41) is 10.6. The Hall–Kier alpha value is -0.996. The summed E-state index contributed by atoms with van der Waals surface area (Å²) in [5.41, 5.74) is 0.176. The maximum atomic E-state index is 10.7. The molecule has 1 amide bonds. The predicted octanol–water partition coefficient (Wildman–Crippen LogP) is 2.88. The number of amides is 1. The van der Waals surface area contributed by atoms with Gasteiger partial charge >= 0.3 is 5.97 Å². The number of halogens is 1. The number of rotatable bonds is 4. The van der Waals surface area contributed by atoms with Crippen molar-refractivity contribution in [2.45, 2.75) is 59.3 Å². The minimum absolute atomic E-state index is 0.176. The molecule has 1 aliphatic heterocycles. The lowest BCUT2D eigenvalue weighted by Crippen LogP contribution is -2.17. The number of nitrogens with one attached hydrogen (secondary N) is 1. The van der Waals surface area contributed by atoms with E-state index in [9.17, 15) is 14.0 Å². The van der Waals surface area contributed by atoms with E-state index in [1.165, 1.54) is 6.92 Å². The Morgan fingerprint density at radius 1 is 1.35 bits per heavy atom. The highest BCUT2D eigenvalue weighted by Crippen LogP contribution is 1.93. The molecule has 0 radical (unpaired) electrons. The summed E-state index contributed by atoms with van der Waals surface area (Å²) >= 11 is 0. The molecule has 0 aromatic heterocycles. The third-order valence-corrected chi connectivity index (χ3v) is 6.36. The highest BCUT2D eigenvalue weighted by Gasteiger charge is 2.05. The molecule has 8 heteroatoms. The van der Waals surface area contributed by atoms with Crippen LogP contribution >= 0.6 is 0 Å². The number of carbonyl (C=O) groups is 2. The maximum absolute atomic E-state index is 10.7. The van der Waals surface area contributed by atoms with Crippen LogP contribution in [0.15, 0.2) is 12.2 Å². The molecule has 0 saturated carbocycles. The Bertz CT molecular complexity index is 299. The lowest BCUT2D eigenvalue weighted by atomic mass is 10.4. The second-order valence-electron chi connectivity index (χ2n) is 5.46. The molecule has 0 unspecified atom stereocenters. The Labute approximate surface area is 143 Å². The molecule has 5 nitrogen and oxygen atoms in total. The number of alkyl halides is 1. The van der Waals surface area contributed by atoms with E-state index in [0.717, 1.165) is 19.4 Å². The van der Waals surface area contributed by atoms with Crippen LogP contribution in [0, 0.1) is 0 Å². The first kappa shape index (κ1) is 26.9. The van der Waals surface area contributed by atoms with Crippen LogP contribution in [-0.2, 0) is 13.7 Å². The second-order valence-corrected chi connectivity index (χ2v) is 10.7. The van der Waals surface area contributed by atoms with Crippen molar-refractivity contribution >= 4 is 30.0 Å². The summed E-state index contributed by atoms with van der Waals surface area (Å²) in [6.07, 6.45) is 2.42. The van der Waals surface area contributed by atoms with Crippen LogP contribution in [0.5, 0.6) is 0 Å². The number of hydrogen-bond donors (Lipinski definition) is 2. The van der Waals surface area contributed by atoms with Gasteiger partial charge in [0.2, 0.25) is 5.91 Å². The van der Waals surface area contributed by atoms with Gasteiger partial charge in [0, 0.05) is 18.5 Å². The summed E-state index contributed by atoms with van der Waals surface area (Å²) in [6.45, 7) is 16.0. The molecule has 0 atom stereocenters. The zero-order chi connectivity index (χ0) is 18.8. The van der Waals surface area contributed by atoms with E-state index >= 15 is 0 Å². The van der Waals surface area contributed by atoms with Crippen molar-refractivity contribution < 1.29 is 23.2 Å². The third-order valence-electron chi connectivity index (χ3n) is 2.00. The molecule has 0 aliphatic carbocycles. The quantitative estimate of drug-likeness (QED) is 0.592. The Morgan fingerprint density at radius 3 is 1.78 bits per heavy atom. The van der Waals surface area contributed by atoms with Crippen molar-refractivity contribution in [2.24, 2.45) is 0 Å². The monoisotopic (exact) mass is 367 g/mol. The van der Waals surface area contributed by atoms with Gasteiger partial charge in [-0.3, -0.25) is 9.18 Å². The minimum atomic E-state index is -0.935. The van der Waals surface area contributed by atoms with Crippen molar-refractivity contribution in [1.82, 2.24) is 5.32 Å². The predicted molar refractivity (Wildman–Crippen MR) is 99.8 cm³/mol. The molecule has 1 saturated heterocycles. The van der Waals surface area contributed by atoms with E-state index < -0.39 is 24.0 Å². The summed E-state index contributed by atoms with van der Waals surface area (Å²) < 4.78 is 16.2. The van der Waals surface area contributed by atoms with Crippen LogP contribution in [-0.4, -0.2) is 48.3 Å². The molecule has 0 bridgehead atoms. The topological polar surface area (TPSA) is 75.6 Å². The van der Waals surface area contributed by atoms with Crippen molar-refractivity contribution in [1.29, 1.82) is 0 Å². The second kappa shape index (κ2) is 19.1. The highest BCUT2D eigenvalue weighted by molar-refractivity contribution is 6.63. The summed E-state index contributed by atoms with van der Waals surface area (Å²) in [5.74, 6) is -0.731. The van der Waals surface area contributed by atoms with E-state index in [1.807, 2.05) is 0 Å². The molecule has 0 aromatic carbocycles. The van der Waals surface area contributed by atoms with Gasteiger partial charge in [0.1, 0.15) is 0 Å². The van der Waals surface area contributed by atoms with Gasteiger partial charge < -0.3 is 14.5 Å². The average Bonchev–Trinajstić information content (AvgIpc) is 2.90. The molecule has 1 aliphatic rings. The van der Waals surface area contributed by atoms with Crippen LogP contribution in [0.4, 0.5) is 4.39 Å². The van der Waals surface area contributed by atoms with E-state index in [2.05, 4.69) is 38.1 Å². The zero-order valence-corrected chi connectivity index (χ0v) is 17.8. The Kier molecular flexibility index (Phi) is 22.3. The first-order chi connectivity index (χ1) is 10.6. The largest absolute Gasteiger partial charge is 0.478 e. The highest BCUT2D eigenvalue weighted by atomic mass is 28.4. The van der Waals surface area contributed by atoms with Crippen LogP contribution in [0.3, 0.4) is 0 Å². The van der Waals surface area contributed by atoms with Gasteiger partial charge in [-0.25, -0.2) is 4.79 Å². The Morgan fingerprint density at radius 2 is 1.74 bits per heavy atom. The number of hydrogen-bond acceptors (Lipinski definition) is 3. The molecule has 1 fully saturated rings. The molecular formula is C15H34FNO4Si2.